The highest BCUT2D eigenvalue weighted by molar-refractivity contribution is 6.00. The Morgan fingerprint density at radius 3 is 3.00 bits per heavy atom. The fraction of sp³-hybridized carbons (Fsp3) is 0.545. The third-order valence-corrected chi connectivity index (χ3v) is 2.94. The van der Waals surface area contributed by atoms with E-state index in [4.69, 9.17) is 0 Å². The number of nitrogens with one attached hydrogen (secondary N) is 2. The molecule has 1 aromatic rings. The summed E-state index contributed by atoms with van der Waals surface area (Å²) >= 11 is 0. The molecule has 1 aliphatic rings. The lowest BCUT2D eigenvalue weighted by Crippen LogP contribution is -2.51. The summed E-state index contributed by atoms with van der Waals surface area (Å²) in [5, 5.41) is 3.14. The van der Waals surface area contributed by atoms with Crippen LogP contribution in [0.25, 0.3) is 0 Å². The molecular formula is C11H16N4O2. The number of rotatable bonds is 3. The van der Waals surface area contributed by atoms with E-state index in [1.807, 2.05) is 6.92 Å². The van der Waals surface area contributed by atoms with Crippen molar-refractivity contribution in [3.63, 3.8) is 0 Å². The Balaban J connectivity index is 1.91. The molecule has 1 atom stereocenters. The van der Waals surface area contributed by atoms with Gasteiger partial charge in [-0.25, -0.2) is 4.98 Å². The number of aromatic amines is 1. The van der Waals surface area contributed by atoms with Crippen molar-refractivity contribution >= 4 is 11.8 Å². The molecule has 92 valence electrons. The van der Waals surface area contributed by atoms with Crippen LogP contribution in [0.5, 0.6) is 0 Å². The highest BCUT2D eigenvalue weighted by atomic mass is 16.2. The molecule has 0 saturated carbocycles. The van der Waals surface area contributed by atoms with Crippen LogP contribution in [0.15, 0.2) is 6.20 Å². The van der Waals surface area contributed by atoms with Gasteiger partial charge in [-0.2, -0.15) is 0 Å². The number of likely N-dealkylation sites (N-methyl/N-ethyl adjacent to an activating group) is 1. The number of aromatic nitrogens is 2. The first-order valence-corrected chi connectivity index (χ1v) is 5.62. The van der Waals surface area contributed by atoms with E-state index in [1.54, 1.807) is 6.20 Å². The van der Waals surface area contributed by atoms with Crippen LogP contribution in [0.1, 0.15) is 24.4 Å². The first-order chi connectivity index (χ1) is 8.08. The Bertz CT molecular complexity index is 440. The zero-order valence-electron chi connectivity index (χ0n) is 9.99. The molecule has 0 bridgehead atoms. The van der Waals surface area contributed by atoms with Crippen LogP contribution in [0.2, 0.25) is 0 Å². The number of carbonyl (C=O) groups excluding carboxylic acids is 2. The van der Waals surface area contributed by atoms with Crippen molar-refractivity contribution in [2.75, 3.05) is 7.05 Å². The third kappa shape index (κ3) is 2.52. The number of carbonyl (C=O) groups is 2. The molecule has 6 nitrogen and oxygen atoms in total. The molecule has 2 rings (SSSR count). The molecule has 2 amide bonds. The molecule has 1 fully saturated rings. The number of imide groups is 1. The van der Waals surface area contributed by atoms with Gasteiger partial charge in [0.1, 0.15) is 5.82 Å². The number of hydrogen-bond donors (Lipinski definition) is 2. The second-order valence-electron chi connectivity index (χ2n) is 4.26. The topological polar surface area (TPSA) is 78.1 Å². The Morgan fingerprint density at radius 1 is 1.59 bits per heavy atom. The van der Waals surface area contributed by atoms with Crippen molar-refractivity contribution in [1.82, 2.24) is 20.2 Å². The Kier molecular flexibility index (Phi) is 3.23. The van der Waals surface area contributed by atoms with E-state index in [-0.39, 0.29) is 17.9 Å². The molecule has 2 heterocycles. The van der Waals surface area contributed by atoms with Crippen LogP contribution in [0, 0.1) is 6.92 Å². The Hall–Kier alpha value is -1.69. The number of imidazole rings is 1. The Labute approximate surface area is 99.4 Å². The van der Waals surface area contributed by atoms with E-state index >= 15 is 0 Å². The molecule has 0 aromatic carbocycles. The smallest absolute Gasteiger partial charge is 0.246 e. The van der Waals surface area contributed by atoms with Crippen molar-refractivity contribution in [1.29, 1.82) is 0 Å². The predicted octanol–water partition coefficient (Wildman–Crippen LogP) is -0.0449. The van der Waals surface area contributed by atoms with E-state index < -0.39 is 0 Å². The number of piperidine rings is 1. The maximum absolute atomic E-state index is 11.8. The number of hydrogen-bond acceptors (Lipinski definition) is 4. The summed E-state index contributed by atoms with van der Waals surface area (Å²) in [6.45, 7) is 2.43. The van der Waals surface area contributed by atoms with Crippen LogP contribution < -0.4 is 5.32 Å². The molecular weight excluding hydrogens is 220 g/mol. The number of amides is 2. The summed E-state index contributed by atoms with van der Waals surface area (Å²) < 4.78 is 0. The molecule has 1 saturated heterocycles. The minimum absolute atomic E-state index is 0.106. The zero-order chi connectivity index (χ0) is 12.4. The van der Waals surface area contributed by atoms with Crippen molar-refractivity contribution in [3.8, 4) is 0 Å². The summed E-state index contributed by atoms with van der Waals surface area (Å²) in [5.41, 5.74) is 0.940. The van der Waals surface area contributed by atoms with Crippen molar-refractivity contribution in [3.05, 3.63) is 17.7 Å². The second-order valence-corrected chi connectivity index (χ2v) is 4.26. The number of nitrogens with zero attached hydrogens (tertiary/aromatic N) is 2. The number of likely N-dealkylation sites (tertiary alicyclic amines) is 1. The van der Waals surface area contributed by atoms with E-state index in [0.29, 0.717) is 19.4 Å². The highest BCUT2D eigenvalue weighted by Crippen LogP contribution is 2.11. The summed E-state index contributed by atoms with van der Waals surface area (Å²) in [6.07, 6.45) is 2.72. The first kappa shape index (κ1) is 11.8. The lowest BCUT2D eigenvalue weighted by atomic mass is 10.0. The van der Waals surface area contributed by atoms with Gasteiger partial charge in [0.05, 0.1) is 6.04 Å². The average Bonchev–Trinajstić information content (AvgIpc) is 2.71. The molecule has 0 aliphatic carbocycles. The molecule has 1 unspecified atom stereocenters. The molecule has 0 radical (unpaired) electrons. The minimum Gasteiger partial charge on any atom is -0.345 e. The van der Waals surface area contributed by atoms with Crippen molar-refractivity contribution in [2.45, 2.75) is 32.4 Å². The molecule has 2 N–H and O–H groups in total. The van der Waals surface area contributed by atoms with E-state index in [0.717, 1.165) is 11.5 Å². The standard InChI is InChI=1S/C11H16N4O2/c1-7-12-5-8(14-7)6-13-9-3-4-10(16)15(2)11(9)17/h5,9,13H,3-4,6H2,1-2H3,(H,12,14). The zero-order valence-corrected chi connectivity index (χ0v) is 9.99. The van der Waals surface area contributed by atoms with Crippen LogP contribution in [0.3, 0.4) is 0 Å². The average molecular weight is 236 g/mol. The molecule has 6 heteroatoms. The van der Waals surface area contributed by atoms with Crippen LogP contribution >= 0.6 is 0 Å². The van der Waals surface area contributed by atoms with Gasteiger partial charge in [0.25, 0.3) is 0 Å². The first-order valence-electron chi connectivity index (χ1n) is 5.62. The summed E-state index contributed by atoms with van der Waals surface area (Å²) in [6, 6.07) is -0.277. The molecule has 1 aromatic heterocycles. The van der Waals surface area contributed by atoms with Gasteiger partial charge in [0, 0.05) is 31.9 Å². The van der Waals surface area contributed by atoms with Gasteiger partial charge in [-0.1, -0.05) is 0 Å². The van der Waals surface area contributed by atoms with E-state index in [2.05, 4.69) is 15.3 Å². The normalized spacial score (nSPS) is 21.1. The molecule has 0 spiro atoms. The van der Waals surface area contributed by atoms with Gasteiger partial charge in [-0.05, 0) is 13.3 Å². The largest absolute Gasteiger partial charge is 0.345 e. The van der Waals surface area contributed by atoms with Gasteiger partial charge in [-0.15, -0.1) is 0 Å². The van der Waals surface area contributed by atoms with Crippen LogP contribution in [-0.2, 0) is 16.1 Å². The van der Waals surface area contributed by atoms with Gasteiger partial charge < -0.3 is 10.3 Å². The quantitative estimate of drug-likeness (QED) is 0.722. The summed E-state index contributed by atoms with van der Waals surface area (Å²) in [7, 11) is 1.53. The van der Waals surface area contributed by atoms with E-state index in [9.17, 15) is 9.59 Å². The fourth-order valence-electron chi connectivity index (χ4n) is 1.90. The third-order valence-electron chi connectivity index (χ3n) is 2.94. The van der Waals surface area contributed by atoms with Gasteiger partial charge in [-0.3, -0.25) is 14.5 Å². The number of aryl methyl sites for hydroxylation is 1. The lowest BCUT2D eigenvalue weighted by molar-refractivity contribution is -0.148. The monoisotopic (exact) mass is 236 g/mol. The van der Waals surface area contributed by atoms with Gasteiger partial charge >= 0.3 is 0 Å². The van der Waals surface area contributed by atoms with Crippen LogP contribution in [-0.4, -0.2) is 39.8 Å². The van der Waals surface area contributed by atoms with Gasteiger partial charge in [0.15, 0.2) is 0 Å². The Morgan fingerprint density at radius 2 is 2.35 bits per heavy atom. The minimum atomic E-state index is -0.277. The van der Waals surface area contributed by atoms with Gasteiger partial charge in [0.2, 0.25) is 11.8 Å². The molecule has 17 heavy (non-hydrogen) atoms. The van der Waals surface area contributed by atoms with Crippen molar-refractivity contribution in [2.24, 2.45) is 0 Å². The second kappa shape index (κ2) is 4.67. The summed E-state index contributed by atoms with van der Waals surface area (Å²) in [5.74, 6) is 0.590. The van der Waals surface area contributed by atoms with E-state index in [1.165, 1.54) is 11.9 Å². The maximum atomic E-state index is 11.8. The highest BCUT2D eigenvalue weighted by Gasteiger charge is 2.31. The predicted molar refractivity (Wildman–Crippen MR) is 61.0 cm³/mol. The maximum Gasteiger partial charge on any atom is 0.246 e. The fourth-order valence-corrected chi connectivity index (χ4v) is 1.90. The number of H-pyrrole nitrogens is 1. The van der Waals surface area contributed by atoms with Crippen molar-refractivity contribution < 1.29 is 9.59 Å². The van der Waals surface area contributed by atoms with Crippen LogP contribution in [0.4, 0.5) is 0 Å². The molecule has 1 aliphatic heterocycles. The summed E-state index contributed by atoms with van der Waals surface area (Å²) in [4.78, 5) is 31.4. The lowest BCUT2D eigenvalue weighted by Gasteiger charge is -2.28. The SMILES string of the molecule is Cc1ncc(CNC2CCC(=O)N(C)C2=O)[nH]1.